The number of benzene rings is 1. The van der Waals surface area contributed by atoms with Gasteiger partial charge in [0.05, 0.1) is 7.11 Å². The number of nitrogens with one attached hydrogen (secondary N) is 2. The standard InChI is InChI=1S/C19H24N4O3/c1-26-14-8-6-13(7-9-14)20-17(24)12-22-10-11-23-18(19(22)25)15-4-2-3-5-16(15)21-23/h6-11,15-16,18,21H,2-5,12H2,1H3,(H,20,24). The molecule has 3 aliphatic rings. The van der Waals surface area contributed by atoms with Crippen molar-refractivity contribution in [2.45, 2.75) is 37.8 Å². The molecule has 0 aromatic heterocycles. The highest BCUT2D eigenvalue weighted by Crippen LogP contribution is 2.36. The van der Waals surface area contributed by atoms with Crippen LogP contribution in [-0.4, -0.2) is 47.5 Å². The van der Waals surface area contributed by atoms with Gasteiger partial charge in [-0.2, -0.15) is 0 Å². The molecule has 1 saturated heterocycles. The lowest BCUT2D eigenvalue weighted by Gasteiger charge is -2.34. The lowest BCUT2D eigenvalue weighted by molar-refractivity contribution is -0.138. The summed E-state index contributed by atoms with van der Waals surface area (Å²) in [5.74, 6) is 0.841. The third-order valence-corrected chi connectivity index (χ3v) is 5.47. The number of rotatable bonds is 4. The highest BCUT2D eigenvalue weighted by atomic mass is 16.5. The molecule has 1 aromatic rings. The number of methoxy groups -OCH3 is 1. The SMILES string of the molecule is COc1ccc(NC(=O)CN2C=CN3NC4CCCCC4C3C2=O)cc1. The Balaban J connectivity index is 1.39. The predicted octanol–water partition coefficient (Wildman–Crippen LogP) is 1.69. The number of carbonyl (C=O) groups is 2. The molecule has 138 valence electrons. The second-order valence-corrected chi connectivity index (χ2v) is 7.08. The van der Waals surface area contributed by atoms with Gasteiger partial charge < -0.3 is 20.0 Å². The number of carbonyl (C=O) groups excluding carboxylic acids is 2. The number of hydrazine groups is 1. The summed E-state index contributed by atoms with van der Waals surface area (Å²) in [6, 6.07) is 7.30. The monoisotopic (exact) mass is 356 g/mol. The van der Waals surface area contributed by atoms with Crippen LogP contribution in [0, 0.1) is 5.92 Å². The average molecular weight is 356 g/mol. The summed E-state index contributed by atoms with van der Waals surface area (Å²) in [4.78, 5) is 26.8. The largest absolute Gasteiger partial charge is 0.497 e. The normalized spacial score (nSPS) is 27.1. The molecule has 0 radical (unpaired) electrons. The van der Waals surface area contributed by atoms with Gasteiger partial charge in [0.15, 0.2) is 0 Å². The van der Waals surface area contributed by atoms with Crippen LogP contribution < -0.4 is 15.5 Å². The molecule has 7 heteroatoms. The number of fused-ring (bicyclic) bond motifs is 3. The fraction of sp³-hybridized carbons (Fsp3) is 0.474. The molecule has 1 aliphatic carbocycles. The minimum atomic E-state index is -0.215. The Morgan fingerprint density at radius 2 is 2.00 bits per heavy atom. The zero-order chi connectivity index (χ0) is 18.1. The maximum Gasteiger partial charge on any atom is 0.251 e. The molecular formula is C19H24N4O3. The second-order valence-electron chi connectivity index (χ2n) is 7.08. The topological polar surface area (TPSA) is 73.9 Å². The van der Waals surface area contributed by atoms with Gasteiger partial charge in [-0.1, -0.05) is 12.8 Å². The average Bonchev–Trinajstić information content (AvgIpc) is 3.04. The molecule has 1 aromatic carbocycles. The van der Waals surface area contributed by atoms with Crippen molar-refractivity contribution in [3.8, 4) is 5.75 Å². The molecule has 3 unspecified atom stereocenters. The Labute approximate surface area is 152 Å². The summed E-state index contributed by atoms with van der Waals surface area (Å²) in [7, 11) is 1.60. The van der Waals surface area contributed by atoms with Gasteiger partial charge in [0.2, 0.25) is 5.91 Å². The third-order valence-electron chi connectivity index (χ3n) is 5.47. The number of ether oxygens (including phenoxy) is 1. The van der Waals surface area contributed by atoms with Crippen LogP contribution >= 0.6 is 0 Å². The summed E-state index contributed by atoms with van der Waals surface area (Å²) in [5, 5.41) is 4.76. The van der Waals surface area contributed by atoms with Crippen molar-refractivity contribution < 1.29 is 14.3 Å². The third kappa shape index (κ3) is 3.14. The molecule has 2 heterocycles. The van der Waals surface area contributed by atoms with Crippen molar-refractivity contribution in [1.82, 2.24) is 15.3 Å². The first kappa shape index (κ1) is 16.9. The molecule has 0 bridgehead atoms. The Kier molecular flexibility index (Phi) is 4.55. The summed E-state index contributed by atoms with van der Waals surface area (Å²) >= 11 is 0. The van der Waals surface area contributed by atoms with Crippen LogP contribution in [-0.2, 0) is 9.59 Å². The van der Waals surface area contributed by atoms with Gasteiger partial charge in [0.25, 0.3) is 5.91 Å². The highest BCUT2D eigenvalue weighted by molar-refractivity contribution is 5.96. The fourth-order valence-electron chi connectivity index (χ4n) is 4.17. The maximum atomic E-state index is 12.9. The van der Waals surface area contributed by atoms with Crippen molar-refractivity contribution in [2.24, 2.45) is 5.92 Å². The van der Waals surface area contributed by atoms with E-state index in [0.29, 0.717) is 17.6 Å². The molecule has 3 atom stereocenters. The maximum absolute atomic E-state index is 12.9. The molecule has 2 fully saturated rings. The van der Waals surface area contributed by atoms with Crippen molar-refractivity contribution in [3.05, 3.63) is 36.7 Å². The van der Waals surface area contributed by atoms with Gasteiger partial charge in [-0.3, -0.25) is 9.59 Å². The Hall–Kier alpha value is -2.54. The number of hydrogen-bond donors (Lipinski definition) is 2. The smallest absolute Gasteiger partial charge is 0.251 e. The van der Waals surface area contributed by atoms with Gasteiger partial charge in [0, 0.05) is 30.0 Å². The zero-order valence-electron chi connectivity index (χ0n) is 14.9. The van der Waals surface area contributed by atoms with E-state index in [0.717, 1.165) is 18.6 Å². The summed E-state index contributed by atoms with van der Waals surface area (Å²) in [6.45, 7) is 0.0170. The zero-order valence-corrected chi connectivity index (χ0v) is 14.9. The van der Waals surface area contributed by atoms with Crippen LogP contribution in [0.3, 0.4) is 0 Å². The molecule has 0 spiro atoms. The molecule has 1 saturated carbocycles. The van der Waals surface area contributed by atoms with Crippen LogP contribution in [0.25, 0.3) is 0 Å². The number of amides is 2. The lowest BCUT2D eigenvalue weighted by Crippen LogP contribution is -2.51. The highest BCUT2D eigenvalue weighted by Gasteiger charge is 2.48. The molecule has 7 nitrogen and oxygen atoms in total. The molecular weight excluding hydrogens is 332 g/mol. The van der Waals surface area contributed by atoms with E-state index in [9.17, 15) is 9.59 Å². The molecule has 2 aliphatic heterocycles. The van der Waals surface area contributed by atoms with E-state index < -0.39 is 0 Å². The van der Waals surface area contributed by atoms with Crippen molar-refractivity contribution in [1.29, 1.82) is 0 Å². The van der Waals surface area contributed by atoms with Crippen molar-refractivity contribution >= 4 is 17.5 Å². The van der Waals surface area contributed by atoms with E-state index in [-0.39, 0.29) is 24.4 Å². The minimum absolute atomic E-state index is 0.000666. The Morgan fingerprint density at radius 3 is 2.77 bits per heavy atom. The first-order valence-electron chi connectivity index (χ1n) is 9.13. The number of hydrogen-bond acceptors (Lipinski definition) is 5. The van der Waals surface area contributed by atoms with E-state index in [4.69, 9.17) is 4.74 Å². The van der Waals surface area contributed by atoms with Crippen molar-refractivity contribution in [2.75, 3.05) is 19.0 Å². The molecule has 26 heavy (non-hydrogen) atoms. The fourth-order valence-corrected chi connectivity index (χ4v) is 4.17. The first-order chi connectivity index (χ1) is 12.7. The van der Waals surface area contributed by atoms with Gasteiger partial charge >= 0.3 is 0 Å². The van der Waals surface area contributed by atoms with Gasteiger partial charge in [0.1, 0.15) is 18.3 Å². The lowest BCUT2D eigenvalue weighted by atomic mass is 9.81. The minimum Gasteiger partial charge on any atom is -0.497 e. The van der Waals surface area contributed by atoms with E-state index in [1.165, 1.54) is 17.7 Å². The van der Waals surface area contributed by atoms with Crippen molar-refractivity contribution in [3.63, 3.8) is 0 Å². The van der Waals surface area contributed by atoms with Gasteiger partial charge in [-0.05, 0) is 37.1 Å². The van der Waals surface area contributed by atoms with Crippen LogP contribution in [0.4, 0.5) is 5.69 Å². The van der Waals surface area contributed by atoms with Gasteiger partial charge in [-0.15, -0.1) is 0 Å². The van der Waals surface area contributed by atoms with E-state index >= 15 is 0 Å². The van der Waals surface area contributed by atoms with Crippen LogP contribution in [0.15, 0.2) is 36.7 Å². The molecule has 4 rings (SSSR count). The number of nitrogens with zero attached hydrogens (tertiary/aromatic N) is 2. The quantitative estimate of drug-likeness (QED) is 0.859. The molecule has 2 N–H and O–H groups in total. The number of anilines is 1. The van der Waals surface area contributed by atoms with E-state index in [1.807, 2.05) is 11.2 Å². The molecule has 2 amide bonds. The second kappa shape index (κ2) is 6.99. The summed E-state index contributed by atoms with van der Waals surface area (Å²) in [6.07, 6.45) is 8.12. The summed E-state index contributed by atoms with van der Waals surface area (Å²) in [5.41, 5.74) is 4.12. The summed E-state index contributed by atoms with van der Waals surface area (Å²) < 4.78 is 5.11. The van der Waals surface area contributed by atoms with Crippen LogP contribution in [0.2, 0.25) is 0 Å². The van der Waals surface area contributed by atoms with E-state index in [2.05, 4.69) is 10.7 Å². The van der Waals surface area contributed by atoms with Gasteiger partial charge in [-0.25, -0.2) is 5.43 Å². The Bertz CT molecular complexity index is 718. The first-order valence-corrected chi connectivity index (χ1v) is 9.13. The van der Waals surface area contributed by atoms with Crippen LogP contribution in [0.1, 0.15) is 25.7 Å². The Morgan fingerprint density at radius 1 is 1.23 bits per heavy atom. The van der Waals surface area contributed by atoms with Crippen LogP contribution in [0.5, 0.6) is 5.75 Å². The van der Waals surface area contributed by atoms with E-state index in [1.54, 1.807) is 37.6 Å². The predicted molar refractivity (Wildman–Crippen MR) is 97.0 cm³/mol.